The number of aromatic nitrogens is 2. The molecule has 0 unspecified atom stereocenters. The Kier molecular flexibility index (Phi) is 7.99. The van der Waals surface area contributed by atoms with Crippen LogP contribution in [-0.4, -0.2) is 33.0 Å². The molecular weight excluding hydrogens is 499 g/mol. The summed E-state index contributed by atoms with van der Waals surface area (Å²) in [6, 6.07) is 9.83. The summed E-state index contributed by atoms with van der Waals surface area (Å²) in [4.78, 5) is 29.4. The number of rotatable bonds is 7. The predicted molar refractivity (Wildman–Crippen MR) is 134 cm³/mol. The number of alkyl halides is 2. The molecule has 1 aliphatic rings. The Morgan fingerprint density at radius 3 is 2.50 bits per heavy atom. The number of carbonyl (C=O) groups is 2. The number of nitrogens with one attached hydrogen (secondary N) is 1. The van der Waals surface area contributed by atoms with Crippen LogP contribution in [0.1, 0.15) is 69.3 Å². The Labute approximate surface area is 219 Å². The first kappa shape index (κ1) is 27.5. The van der Waals surface area contributed by atoms with Crippen LogP contribution < -0.4 is 5.32 Å². The Bertz CT molecular complexity index is 1280. The molecule has 204 valence electrons. The molecule has 3 aromatic rings. The van der Waals surface area contributed by atoms with Crippen molar-refractivity contribution in [2.24, 2.45) is 5.92 Å². The van der Waals surface area contributed by atoms with Gasteiger partial charge in [-0.3, -0.25) is 4.79 Å². The van der Waals surface area contributed by atoms with Crippen LogP contribution in [0.3, 0.4) is 0 Å². The summed E-state index contributed by atoms with van der Waals surface area (Å²) < 4.78 is 55.2. The average molecular weight is 532 g/mol. The van der Waals surface area contributed by atoms with Gasteiger partial charge in [0.25, 0.3) is 0 Å². The van der Waals surface area contributed by atoms with Gasteiger partial charge in [-0.05, 0) is 51.2 Å². The standard InChI is InChI=1S/C28H32F3N3O4/c1-27(2,3)38-22(35)15-20-11-14-34-16-21(32-25(34)23(20)29)24(19-9-12-28(30,31)13-10-19)33-26(36)37-17-18-7-5-4-6-8-18/h4-8,11,14,16,19,24H,9-10,12-13,15,17H2,1-3H3,(H,33,36)/t24-/m0/s1. The van der Waals surface area contributed by atoms with Gasteiger partial charge in [-0.2, -0.15) is 0 Å². The van der Waals surface area contributed by atoms with E-state index in [2.05, 4.69) is 10.3 Å². The smallest absolute Gasteiger partial charge is 0.408 e. The van der Waals surface area contributed by atoms with Gasteiger partial charge in [0.2, 0.25) is 5.92 Å². The van der Waals surface area contributed by atoms with E-state index in [4.69, 9.17) is 9.47 Å². The average Bonchev–Trinajstić information content (AvgIpc) is 3.28. The molecule has 0 saturated heterocycles. The van der Waals surface area contributed by atoms with E-state index in [1.807, 2.05) is 30.3 Å². The fourth-order valence-electron chi connectivity index (χ4n) is 4.62. The van der Waals surface area contributed by atoms with Crippen molar-refractivity contribution >= 4 is 17.7 Å². The minimum Gasteiger partial charge on any atom is -0.460 e. The number of esters is 1. The van der Waals surface area contributed by atoms with Gasteiger partial charge < -0.3 is 19.2 Å². The zero-order valence-electron chi connectivity index (χ0n) is 21.7. The normalized spacial score (nSPS) is 16.7. The molecule has 1 amide bonds. The summed E-state index contributed by atoms with van der Waals surface area (Å²) in [6.07, 6.45) is 1.84. The third-order valence-electron chi connectivity index (χ3n) is 6.46. The minimum atomic E-state index is -2.75. The number of benzene rings is 1. The van der Waals surface area contributed by atoms with Crippen molar-refractivity contribution in [1.82, 2.24) is 14.7 Å². The lowest BCUT2D eigenvalue weighted by Crippen LogP contribution is -2.37. The van der Waals surface area contributed by atoms with Gasteiger partial charge in [-0.25, -0.2) is 22.9 Å². The largest absolute Gasteiger partial charge is 0.460 e. The zero-order chi connectivity index (χ0) is 27.5. The molecule has 1 atom stereocenters. The van der Waals surface area contributed by atoms with E-state index in [-0.39, 0.29) is 55.8 Å². The van der Waals surface area contributed by atoms with Crippen LogP contribution in [0, 0.1) is 11.7 Å². The van der Waals surface area contributed by atoms with Crippen molar-refractivity contribution in [3.8, 4) is 0 Å². The Balaban J connectivity index is 1.56. The number of hydrogen-bond donors (Lipinski definition) is 1. The Morgan fingerprint density at radius 1 is 1.16 bits per heavy atom. The lowest BCUT2D eigenvalue weighted by molar-refractivity contribution is -0.154. The van der Waals surface area contributed by atoms with Gasteiger partial charge in [-0.15, -0.1) is 0 Å². The molecular formula is C28H32F3N3O4. The molecule has 10 heteroatoms. The van der Waals surface area contributed by atoms with Gasteiger partial charge in [0.15, 0.2) is 11.5 Å². The maximum absolute atomic E-state index is 15.4. The number of pyridine rings is 1. The molecule has 0 aliphatic heterocycles. The van der Waals surface area contributed by atoms with Crippen molar-refractivity contribution in [2.45, 2.75) is 77.0 Å². The van der Waals surface area contributed by atoms with Gasteiger partial charge in [-0.1, -0.05) is 30.3 Å². The van der Waals surface area contributed by atoms with Crippen LogP contribution in [-0.2, 0) is 27.3 Å². The SMILES string of the molecule is CC(C)(C)OC(=O)Cc1ccn2cc([C@@H](NC(=O)OCc3ccccc3)C3CCC(F)(F)CC3)nc2c1F. The fourth-order valence-corrected chi connectivity index (χ4v) is 4.62. The van der Waals surface area contributed by atoms with Crippen molar-refractivity contribution < 1.29 is 32.2 Å². The summed E-state index contributed by atoms with van der Waals surface area (Å²) in [5.41, 5.74) is 0.497. The van der Waals surface area contributed by atoms with Gasteiger partial charge in [0.05, 0.1) is 18.2 Å². The summed E-state index contributed by atoms with van der Waals surface area (Å²) in [5.74, 6) is -4.36. The first-order valence-electron chi connectivity index (χ1n) is 12.6. The van der Waals surface area contributed by atoms with E-state index in [0.717, 1.165) is 5.56 Å². The van der Waals surface area contributed by atoms with Gasteiger partial charge >= 0.3 is 12.1 Å². The van der Waals surface area contributed by atoms with Crippen LogP contribution in [0.5, 0.6) is 0 Å². The fraction of sp³-hybridized carbons (Fsp3) is 0.464. The number of nitrogens with zero attached hydrogens (tertiary/aromatic N) is 2. The molecule has 1 N–H and O–H groups in total. The monoisotopic (exact) mass is 531 g/mol. The quantitative estimate of drug-likeness (QED) is 0.370. The number of fused-ring (bicyclic) bond motifs is 1. The third-order valence-corrected chi connectivity index (χ3v) is 6.46. The molecule has 4 rings (SSSR count). The second-order valence-corrected chi connectivity index (χ2v) is 10.7. The Hall–Kier alpha value is -3.56. The van der Waals surface area contributed by atoms with Crippen LogP contribution in [0.15, 0.2) is 48.8 Å². The summed E-state index contributed by atoms with van der Waals surface area (Å²) in [7, 11) is 0. The summed E-state index contributed by atoms with van der Waals surface area (Å²) in [6.45, 7) is 5.22. The lowest BCUT2D eigenvalue weighted by Gasteiger charge is -2.33. The number of hydrogen-bond acceptors (Lipinski definition) is 5. The van der Waals surface area contributed by atoms with E-state index < -0.39 is 35.4 Å². The highest BCUT2D eigenvalue weighted by molar-refractivity contribution is 5.73. The predicted octanol–water partition coefficient (Wildman–Crippen LogP) is 6.15. The number of ether oxygens (including phenoxy) is 2. The molecule has 2 aromatic heterocycles. The maximum Gasteiger partial charge on any atom is 0.408 e. The molecule has 38 heavy (non-hydrogen) atoms. The van der Waals surface area contributed by atoms with Gasteiger partial charge in [0, 0.05) is 30.8 Å². The van der Waals surface area contributed by atoms with E-state index in [9.17, 15) is 18.4 Å². The van der Waals surface area contributed by atoms with Gasteiger partial charge in [0.1, 0.15) is 12.2 Å². The molecule has 0 bridgehead atoms. The molecule has 7 nitrogen and oxygen atoms in total. The maximum atomic E-state index is 15.4. The molecule has 1 fully saturated rings. The van der Waals surface area contributed by atoms with Crippen molar-refractivity contribution in [3.63, 3.8) is 0 Å². The molecule has 1 saturated carbocycles. The number of carbonyl (C=O) groups excluding carboxylic acids is 2. The van der Waals surface area contributed by atoms with Crippen LogP contribution in [0.25, 0.3) is 5.65 Å². The second-order valence-electron chi connectivity index (χ2n) is 10.7. The zero-order valence-corrected chi connectivity index (χ0v) is 21.7. The van der Waals surface area contributed by atoms with Crippen molar-refractivity contribution in [1.29, 1.82) is 0 Å². The Morgan fingerprint density at radius 2 is 1.84 bits per heavy atom. The highest BCUT2D eigenvalue weighted by atomic mass is 19.3. The third kappa shape index (κ3) is 7.05. The van der Waals surface area contributed by atoms with Crippen molar-refractivity contribution in [3.05, 3.63) is 71.4 Å². The van der Waals surface area contributed by atoms with Crippen LogP contribution in [0.4, 0.5) is 18.0 Å². The summed E-state index contributed by atoms with van der Waals surface area (Å²) >= 11 is 0. The topological polar surface area (TPSA) is 81.9 Å². The first-order valence-corrected chi connectivity index (χ1v) is 12.6. The minimum absolute atomic E-state index is 0.0355. The van der Waals surface area contributed by atoms with E-state index in [1.165, 1.54) is 10.5 Å². The van der Waals surface area contributed by atoms with E-state index in [0.29, 0.717) is 5.69 Å². The van der Waals surface area contributed by atoms with Crippen molar-refractivity contribution in [2.75, 3.05) is 0 Å². The molecule has 1 aliphatic carbocycles. The number of alkyl carbamates (subject to hydrolysis) is 1. The molecule has 1 aromatic carbocycles. The molecule has 2 heterocycles. The van der Waals surface area contributed by atoms with E-state index >= 15 is 4.39 Å². The summed E-state index contributed by atoms with van der Waals surface area (Å²) in [5, 5.41) is 2.78. The first-order chi connectivity index (χ1) is 17.9. The molecule has 0 spiro atoms. The highest BCUT2D eigenvalue weighted by Crippen LogP contribution is 2.41. The van der Waals surface area contributed by atoms with Crippen LogP contribution >= 0.6 is 0 Å². The number of halogens is 3. The van der Waals surface area contributed by atoms with E-state index in [1.54, 1.807) is 33.2 Å². The molecule has 0 radical (unpaired) electrons. The number of imidazole rings is 1. The second kappa shape index (κ2) is 11.0. The lowest BCUT2D eigenvalue weighted by atomic mass is 9.81. The van der Waals surface area contributed by atoms with Crippen LogP contribution in [0.2, 0.25) is 0 Å². The number of amides is 1. The highest BCUT2D eigenvalue weighted by Gasteiger charge is 2.39.